The summed E-state index contributed by atoms with van der Waals surface area (Å²) < 4.78 is 0. The van der Waals surface area contributed by atoms with Crippen LogP contribution in [0.1, 0.15) is 31.6 Å². The normalized spacial score (nSPS) is 18.8. The van der Waals surface area contributed by atoms with Gasteiger partial charge in [0.25, 0.3) is 0 Å². The molecule has 0 aromatic carbocycles. The number of carbonyl (C=O) groups excluding carboxylic acids is 1. The fraction of sp³-hybridized carbons (Fsp3) is 0.688. The Morgan fingerprint density at radius 1 is 1.33 bits per heavy atom. The van der Waals surface area contributed by atoms with Crippen molar-refractivity contribution >= 4 is 17.2 Å². The summed E-state index contributed by atoms with van der Waals surface area (Å²) in [5.74, 6) is 0.574. The summed E-state index contributed by atoms with van der Waals surface area (Å²) in [6.07, 6.45) is 1.52. The van der Waals surface area contributed by atoms with Gasteiger partial charge in [-0.05, 0) is 23.8 Å². The monoisotopic (exact) mass is 309 g/mol. The lowest BCUT2D eigenvalue weighted by atomic mass is 10.0. The highest BCUT2D eigenvalue weighted by Crippen LogP contribution is 2.14. The van der Waals surface area contributed by atoms with E-state index in [0.29, 0.717) is 12.3 Å². The molecule has 1 amide bonds. The first-order valence-electron chi connectivity index (χ1n) is 7.84. The van der Waals surface area contributed by atoms with Crippen molar-refractivity contribution in [2.75, 3.05) is 26.2 Å². The van der Waals surface area contributed by atoms with Gasteiger partial charge in [0.2, 0.25) is 5.91 Å². The van der Waals surface area contributed by atoms with Crippen LogP contribution in [0.5, 0.6) is 0 Å². The minimum absolute atomic E-state index is 0.0250. The molecule has 2 N–H and O–H groups in total. The van der Waals surface area contributed by atoms with Gasteiger partial charge in [-0.2, -0.15) is 0 Å². The molecule has 0 aliphatic carbocycles. The van der Waals surface area contributed by atoms with Crippen molar-refractivity contribution in [2.45, 2.75) is 39.3 Å². The van der Waals surface area contributed by atoms with Crippen molar-refractivity contribution < 1.29 is 4.79 Å². The smallest absolute Gasteiger partial charge is 0.224 e. The molecule has 1 atom stereocenters. The molecule has 1 aromatic rings. The van der Waals surface area contributed by atoms with Crippen molar-refractivity contribution in [1.82, 2.24) is 9.80 Å². The van der Waals surface area contributed by atoms with Gasteiger partial charge in [0, 0.05) is 50.1 Å². The maximum atomic E-state index is 12.3. The van der Waals surface area contributed by atoms with E-state index < -0.39 is 0 Å². The fourth-order valence-electron chi connectivity index (χ4n) is 2.57. The largest absolute Gasteiger partial charge is 0.341 e. The van der Waals surface area contributed by atoms with Crippen molar-refractivity contribution in [3.05, 3.63) is 22.4 Å². The van der Waals surface area contributed by atoms with Crippen LogP contribution in [0.25, 0.3) is 0 Å². The molecule has 1 fully saturated rings. The molecule has 118 valence electrons. The summed E-state index contributed by atoms with van der Waals surface area (Å²) in [7, 11) is 0. The van der Waals surface area contributed by atoms with Crippen LogP contribution in [0.3, 0.4) is 0 Å². The van der Waals surface area contributed by atoms with E-state index in [-0.39, 0.29) is 11.9 Å². The van der Waals surface area contributed by atoms with E-state index in [4.69, 9.17) is 5.73 Å². The standard InChI is InChI=1S/C16H27N3OS/c1-13(2)15(17)11-16(20)19-7-4-6-18(8-9-19)12-14-5-3-10-21-14/h3,5,10,13,15H,4,6-9,11-12,17H2,1-2H3. The maximum Gasteiger partial charge on any atom is 0.224 e. The molecule has 0 saturated carbocycles. The predicted molar refractivity (Wildman–Crippen MR) is 88.2 cm³/mol. The van der Waals surface area contributed by atoms with E-state index in [9.17, 15) is 4.79 Å². The van der Waals surface area contributed by atoms with Crippen LogP contribution in [0.15, 0.2) is 17.5 Å². The minimum atomic E-state index is -0.0250. The summed E-state index contributed by atoms with van der Waals surface area (Å²) in [6, 6.07) is 4.25. The van der Waals surface area contributed by atoms with Gasteiger partial charge in [-0.3, -0.25) is 9.69 Å². The predicted octanol–water partition coefficient (Wildman–Crippen LogP) is 2.16. The van der Waals surface area contributed by atoms with Crippen molar-refractivity contribution in [3.63, 3.8) is 0 Å². The Balaban J connectivity index is 1.81. The zero-order valence-corrected chi connectivity index (χ0v) is 13.9. The molecule has 21 heavy (non-hydrogen) atoms. The first kappa shape index (κ1) is 16.5. The van der Waals surface area contributed by atoms with E-state index in [1.54, 1.807) is 11.3 Å². The zero-order chi connectivity index (χ0) is 15.2. The quantitative estimate of drug-likeness (QED) is 0.907. The van der Waals surface area contributed by atoms with Gasteiger partial charge < -0.3 is 10.6 Å². The van der Waals surface area contributed by atoms with Crippen LogP contribution in [-0.2, 0) is 11.3 Å². The molecule has 1 aromatic heterocycles. The zero-order valence-electron chi connectivity index (χ0n) is 13.1. The van der Waals surface area contributed by atoms with Crippen molar-refractivity contribution in [1.29, 1.82) is 0 Å². The summed E-state index contributed by atoms with van der Waals surface area (Å²) in [5, 5.41) is 2.12. The van der Waals surface area contributed by atoms with E-state index >= 15 is 0 Å². The Bertz CT molecular complexity index is 433. The maximum absolute atomic E-state index is 12.3. The topological polar surface area (TPSA) is 49.6 Å². The lowest BCUT2D eigenvalue weighted by molar-refractivity contribution is -0.131. The first-order valence-corrected chi connectivity index (χ1v) is 8.72. The van der Waals surface area contributed by atoms with Gasteiger partial charge in [0.1, 0.15) is 0 Å². The van der Waals surface area contributed by atoms with Crippen LogP contribution in [0.2, 0.25) is 0 Å². The second kappa shape index (κ2) is 7.92. The number of nitrogens with zero attached hydrogens (tertiary/aromatic N) is 2. The Morgan fingerprint density at radius 3 is 2.81 bits per heavy atom. The Morgan fingerprint density at radius 2 is 2.14 bits per heavy atom. The number of rotatable bonds is 5. The molecule has 0 spiro atoms. The van der Waals surface area contributed by atoms with Gasteiger partial charge in [-0.25, -0.2) is 0 Å². The fourth-order valence-corrected chi connectivity index (χ4v) is 3.31. The van der Waals surface area contributed by atoms with Gasteiger partial charge in [0.05, 0.1) is 0 Å². The highest BCUT2D eigenvalue weighted by Gasteiger charge is 2.21. The Kier molecular flexibility index (Phi) is 6.21. The average molecular weight is 309 g/mol. The van der Waals surface area contributed by atoms with E-state index in [1.807, 2.05) is 4.90 Å². The molecule has 0 bridgehead atoms. The van der Waals surface area contributed by atoms with Gasteiger partial charge in [-0.1, -0.05) is 19.9 Å². The minimum Gasteiger partial charge on any atom is -0.341 e. The molecule has 2 rings (SSSR count). The molecular weight excluding hydrogens is 282 g/mol. The molecule has 0 radical (unpaired) electrons. The number of hydrogen-bond donors (Lipinski definition) is 1. The lowest BCUT2D eigenvalue weighted by Crippen LogP contribution is -2.39. The number of nitrogens with two attached hydrogens (primary N) is 1. The highest BCUT2D eigenvalue weighted by atomic mass is 32.1. The van der Waals surface area contributed by atoms with Crippen LogP contribution < -0.4 is 5.73 Å². The van der Waals surface area contributed by atoms with Crippen molar-refractivity contribution in [2.24, 2.45) is 11.7 Å². The molecule has 5 heteroatoms. The van der Waals surface area contributed by atoms with E-state index in [2.05, 4.69) is 36.3 Å². The highest BCUT2D eigenvalue weighted by molar-refractivity contribution is 7.09. The van der Waals surface area contributed by atoms with E-state index in [1.165, 1.54) is 4.88 Å². The van der Waals surface area contributed by atoms with Crippen LogP contribution >= 0.6 is 11.3 Å². The molecular formula is C16H27N3OS. The molecule has 1 saturated heterocycles. The third-order valence-corrected chi connectivity index (χ3v) is 5.03. The van der Waals surface area contributed by atoms with Gasteiger partial charge in [0.15, 0.2) is 0 Å². The molecule has 1 unspecified atom stereocenters. The third-order valence-electron chi connectivity index (χ3n) is 4.17. The average Bonchev–Trinajstić information content (AvgIpc) is 2.83. The lowest BCUT2D eigenvalue weighted by Gasteiger charge is -2.24. The second-order valence-corrected chi connectivity index (χ2v) is 7.23. The van der Waals surface area contributed by atoms with Crippen LogP contribution in [-0.4, -0.2) is 47.9 Å². The third kappa shape index (κ3) is 5.09. The number of amides is 1. The summed E-state index contributed by atoms with van der Waals surface area (Å²) in [5.41, 5.74) is 6.02. The van der Waals surface area contributed by atoms with E-state index in [0.717, 1.165) is 39.1 Å². The number of thiophene rings is 1. The summed E-state index contributed by atoms with van der Waals surface area (Å²) >= 11 is 1.80. The Labute approximate surface area is 131 Å². The van der Waals surface area contributed by atoms with Crippen LogP contribution in [0.4, 0.5) is 0 Å². The first-order chi connectivity index (χ1) is 10.1. The molecule has 4 nitrogen and oxygen atoms in total. The Hall–Kier alpha value is -0.910. The molecule has 1 aliphatic rings. The molecule has 1 aliphatic heterocycles. The van der Waals surface area contributed by atoms with Gasteiger partial charge >= 0.3 is 0 Å². The summed E-state index contributed by atoms with van der Waals surface area (Å²) in [6.45, 7) is 8.87. The van der Waals surface area contributed by atoms with Crippen LogP contribution in [0, 0.1) is 5.92 Å². The number of carbonyl (C=O) groups is 1. The SMILES string of the molecule is CC(C)C(N)CC(=O)N1CCCN(Cc2cccs2)CC1. The van der Waals surface area contributed by atoms with Gasteiger partial charge in [-0.15, -0.1) is 11.3 Å². The second-order valence-electron chi connectivity index (χ2n) is 6.20. The summed E-state index contributed by atoms with van der Waals surface area (Å²) in [4.78, 5) is 18.2. The number of hydrogen-bond acceptors (Lipinski definition) is 4. The molecule has 2 heterocycles. The van der Waals surface area contributed by atoms with Crippen molar-refractivity contribution in [3.8, 4) is 0 Å².